The van der Waals surface area contributed by atoms with Gasteiger partial charge >= 0.3 is 0 Å². The van der Waals surface area contributed by atoms with Gasteiger partial charge in [-0.25, -0.2) is 0 Å². The van der Waals surface area contributed by atoms with Crippen LogP contribution in [0.2, 0.25) is 0 Å². The highest BCUT2D eigenvalue weighted by Crippen LogP contribution is 2.28. The number of ether oxygens (including phenoxy) is 1. The molecule has 0 amide bonds. The molecule has 0 heterocycles. The zero-order valence-electron chi connectivity index (χ0n) is 12.0. The number of nitrogens with one attached hydrogen (secondary N) is 1. The molecule has 0 bridgehead atoms. The number of hydrogen-bond donors (Lipinski definition) is 1. The SMILES string of the molecule is CCCC(C)COCCC1CCCC1NCC. The van der Waals surface area contributed by atoms with Crippen LogP contribution in [0, 0.1) is 11.8 Å². The van der Waals surface area contributed by atoms with E-state index in [4.69, 9.17) is 4.74 Å². The second kappa shape index (κ2) is 8.93. The predicted octanol–water partition coefficient (Wildman–Crippen LogP) is 3.61. The van der Waals surface area contributed by atoms with Crippen LogP contribution >= 0.6 is 0 Å². The molecule has 1 aliphatic rings. The van der Waals surface area contributed by atoms with Crippen molar-refractivity contribution in [3.63, 3.8) is 0 Å². The first-order chi connectivity index (χ1) is 8.27. The summed E-state index contributed by atoms with van der Waals surface area (Å²) in [5.41, 5.74) is 0. The summed E-state index contributed by atoms with van der Waals surface area (Å²) < 4.78 is 5.81. The topological polar surface area (TPSA) is 21.3 Å². The molecule has 0 saturated heterocycles. The van der Waals surface area contributed by atoms with Crippen molar-refractivity contribution in [2.45, 2.75) is 65.3 Å². The summed E-state index contributed by atoms with van der Waals surface area (Å²) in [4.78, 5) is 0. The van der Waals surface area contributed by atoms with Crippen LogP contribution in [0.4, 0.5) is 0 Å². The van der Waals surface area contributed by atoms with Crippen molar-refractivity contribution in [3.05, 3.63) is 0 Å². The molecule has 0 spiro atoms. The molecule has 1 N–H and O–H groups in total. The maximum absolute atomic E-state index is 5.81. The molecule has 102 valence electrons. The summed E-state index contributed by atoms with van der Waals surface area (Å²) in [6.07, 6.45) is 7.97. The second-order valence-corrected chi connectivity index (χ2v) is 5.61. The minimum absolute atomic E-state index is 0.730. The molecule has 1 rings (SSSR count). The van der Waals surface area contributed by atoms with Crippen LogP contribution in [-0.2, 0) is 4.74 Å². The molecule has 0 aromatic rings. The predicted molar refractivity (Wildman–Crippen MR) is 74.3 cm³/mol. The van der Waals surface area contributed by atoms with Gasteiger partial charge in [-0.2, -0.15) is 0 Å². The zero-order valence-corrected chi connectivity index (χ0v) is 12.0. The summed E-state index contributed by atoms with van der Waals surface area (Å²) in [5.74, 6) is 1.59. The van der Waals surface area contributed by atoms with E-state index in [2.05, 4.69) is 26.1 Å². The summed E-state index contributed by atoms with van der Waals surface area (Å²) >= 11 is 0. The van der Waals surface area contributed by atoms with E-state index < -0.39 is 0 Å². The molecule has 3 unspecified atom stereocenters. The lowest BCUT2D eigenvalue weighted by molar-refractivity contribution is 0.0884. The van der Waals surface area contributed by atoms with E-state index >= 15 is 0 Å². The van der Waals surface area contributed by atoms with Crippen molar-refractivity contribution in [1.82, 2.24) is 5.32 Å². The maximum atomic E-state index is 5.81. The highest BCUT2D eigenvalue weighted by atomic mass is 16.5. The van der Waals surface area contributed by atoms with Crippen molar-refractivity contribution in [2.75, 3.05) is 19.8 Å². The van der Waals surface area contributed by atoms with E-state index in [0.29, 0.717) is 0 Å². The first-order valence-corrected chi connectivity index (χ1v) is 7.59. The van der Waals surface area contributed by atoms with Crippen LogP contribution < -0.4 is 5.32 Å². The van der Waals surface area contributed by atoms with Crippen LogP contribution in [-0.4, -0.2) is 25.8 Å². The van der Waals surface area contributed by atoms with Crippen LogP contribution in [0.5, 0.6) is 0 Å². The van der Waals surface area contributed by atoms with Crippen molar-refractivity contribution >= 4 is 0 Å². The molecular weight excluding hydrogens is 210 g/mol. The highest BCUT2D eigenvalue weighted by molar-refractivity contribution is 4.82. The fourth-order valence-corrected chi connectivity index (χ4v) is 3.01. The Morgan fingerprint density at radius 3 is 2.82 bits per heavy atom. The van der Waals surface area contributed by atoms with E-state index in [1.165, 1.54) is 38.5 Å². The van der Waals surface area contributed by atoms with Gasteiger partial charge in [-0.05, 0) is 44.1 Å². The lowest BCUT2D eigenvalue weighted by Gasteiger charge is -2.20. The van der Waals surface area contributed by atoms with E-state index in [-0.39, 0.29) is 0 Å². The average molecular weight is 241 g/mol. The van der Waals surface area contributed by atoms with Gasteiger partial charge in [-0.15, -0.1) is 0 Å². The fourth-order valence-electron chi connectivity index (χ4n) is 3.01. The minimum atomic E-state index is 0.730. The van der Waals surface area contributed by atoms with Gasteiger partial charge in [0.1, 0.15) is 0 Å². The average Bonchev–Trinajstić information content (AvgIpc) is 2.73. The van der Waals surface area contributed by atoms with Gasteiger partial charge < -0.3 is 10.1 Å². The van der Waals surface area contributed by atoms with Crippen molar-refractivity contribution in [1.29, 1.82) is 0 Å². The number of hydrogen-bond acceptors (Lipinski definition) is 2. The molecule has 17 heavy (non-hydrogen) atoms. The summed E-state index contributed by atoms with van der Waals surface area (Å²) in [5, 5.41) is 3.61. The third kappa shape index (κ3) is 5.87. The van der Waals surface area contributed by atoms with Gasteiger partial charge in [0.2, 0.25) is 0 Å². The Morgan fingerprint density at radius 1 is 1.29 bits per heavy atom. The van der Waals surface area contributed by atoms with Crippen molar-refractivity contribution in [3.8, 4) is 0 Å². The molecule has 0 radical (unpaired) electrons. The van der Waals surface area contributed by atoms with E-state index in [9.17, 15) is 0 Å². The van der Waals surface area contributed by atoms with E-state index in [1.807, 2.05) is 0 Å². The van der Waals surface area contributed by atoms with E-state index in [0.717, 1.165) is 37.6 Å². The van der Waals surface area contributed by atoms with Crippen LogP contribution in [0.15, 0.2) is 0 Å². The van der Waals surface area contributed by atoms with Gasteiger partial charge in [-0.3, -0.25) is 0 Å². The smallest absolute Gasteiger partial charge is 0.0491 e. The van der Waals surface area contributed by atoms with Gasteiger partial charge in [0.05, 0.1) is 0 Å². The summed E-state index contributed by atoms with van der Waals surface area (Å²) in [6, 6.07) is 0.761. The molecule has 2 nitrogen and oxygen atoms in total. The van der Waals surface area contributed by atoms with Gasteiger partial charge in [0.15, 0.2) is 0 Å². The van der Waals surface area contributed by atoms with E-state index in [1.54, 1.807) is 0 Å². The zero-order chi connectivity index (χ0) is 12.5. The maximum Gasteiger partial charge on any atom is 0.0491 e. The van der Waals surface area contributed by atoms with Crippen LogP contribution in [0.1, 0.15) is 59.3 Å². The fraction of sp³-hybridized carbons (Fsp3) is 1.00. The Morgan fingerprint density at radius 2 is 2.12 bits per heavy atom. The lowest BCUT2D eigenvalue weighted by Crippen LogP contribution is -2.32. The van der Waals surface area contributed by atoms with Crippen molar-refractivity contribution in [2.24, 2.45) is 11.8 Å². The van der Waals surface area contributed by atoms with Gasteiger partial charge in [0.25, 0.3) is 0 Å². The third-order valence-electron chi connectivity index (χ3n) is 3.94. The molecule has 3 atom stereocenters. The Labute approximate surface area is 108 Å². The molecule has 0 aliphatic heterocycles. The Hall–Kier alpha value is -0.0800. The first-order valence-electron chi connectivity index (χ1n) is 7.59. The molecular formula is C15H31NO. The largest absolute Gasteiger partial charge is 0.381 e. The Bertz CT molecular complexity index is 184. The van der Waals surface area contributed by atoms with Crippen LogP contribution in [0.3, 0.4) is 0 Å². The molecule has 1 aliphatic carbocycles. The van der Waals surface area contributed by atoms with Gasteiger partial charge in [0, 0.05) is 19.3 Å². The quantitative estimate of drug-likeness (QED) is 0.623. The minimum Gasteiger partial charge on any atom is -0.381 e. The molecule has 0 aromatic carbocycles. The number of rotatable bonds is 9. The van der Waals surface area contributed by atoms with Crippen LogP contribution in [0.25, 0.3) is 0 Å². The lowest BCUT2D eigenvalue weighted by atomic mass is 10.00. The third-order valence-corrected chi connectivity index (χ3v) is 3.94. The van der Waals surface area contributed by atoms with Gasteiger partial charge in [-0.1, -0.05) is 33.6 Å². The molecule has 1 saturated carbocycles. The highest BCUT2D eigenvalue weighted by Gasteiger charge is 2.25. The standard InChI is InChI=1S/C15H31NO/c1-4-7-13(3)12-17-11-10-14-8-6-9-15(14)16-5-2/h13-16H,4-12H2,1-3H3. The molecule has 2 heteroatoms. The normalized spacial score (nSPS) is 26.3. The first kappa shape index (κ1) is 15.0. The summed E-state index contributed by atoms with van der Waals surface area (Å²) in [7, 11) is 0. The Balaban J connectivity index is 2.05. The van der Waals surface area contributed by atoms with Crippen molar-refractivity contribution < 1.29 is 4.74 Å². The summed E-state index contributed by atoms with van der Waals surface area (Å²) in [6.45, 7) is 9.76. The second-order valence-electron chi connectivity index (χ2n) is 5.61. The Kier molecular flexibility index (Phi) is 7.87. The molecule has 0 aromatic heterocycles. The molecule has 1 fully saturated rings. The monoisotopic (exact) mass is 241 g/mol.